The summed E-state index contributed by atoms with van der Waals surface area (Å²) in [6.45, 7) is 7.71. The summed E-state index contributed by atoms with van der Waals surface area (Å²) < 4.78 is 18.3. The maximum absolute atomic E-state index is 6.34. The Morgan fingerprint density at radius 2 is 1.87 bits per heavy atom. The summed E-state index contributed by atoms with van der Waals surface area (Å²) in [4.78, 5) is 0. The standard InChI is InChI=1S/C25H34NO3.BrH/c1-25-21-10-11-23(25)24(29-18-28-15-14-27-2)17-26(25,13-12-21)16-20-8-5-7-19-6-3-4-9-22(19)20;/h3-9,21,23-24H,10-18H2,1-2H3;1H/q+1;/p-1/t21-,23+,24+,25+,26+;/m0./s1. The van der Waals surface area contributed by atoms with E-state index in [0.717, 1.165) is 19.0 Å². The lowest BCUT2D eigenvalue weighted by molar-refractivity contribution is -0.966. The largest absolute Gasteiger partial charge is 1.00 e. The van der Waals surface area contributed by atoms with E-state index in [-0.39, 0.29) is 17.0 Å². The number of quaternary nitrogens is 1. The third kappa shape index (κ3) is 3.43. The molecule has 0 aromatic heterocycles. The van der Waals surface area contributed by atoms with Gasteiger partial charge >= 0.3 is 0 Å². The second-order valence-electron chi connectivity index (χ2n) is 9.47. The summed E-state index contributed by atoms with van der Waals surface area (Å²) in [5.74, 6) is 1.49. The number of nitrogens with zero attached hydrogens (tertiary/aromatic N) is 1. The van der Waals surface area contributed by atoms with Gasteiger partial charge in [-0.15, -0.1) is 0 Å². The fraction of sp³-hybridized carbons (Fsp3) is 0.600. The molecule has 2 aliphatic heterocycles. The third-order valence-corrected chi connectivity index (χ3v) is 8.46. The van der Waals surface area contributed by atoms with Gasteiger partial charge in [0, 0.05) is 30.9 Å². The molecular formula is C25H34BrNO3. The van der Waals surface area contributed by atoms with Crippen LogP contribution in [0.25, 0.3) is 10.8 Å². The Labute approximate surface area is 190 Å². The Hall–Kier alpha value is -0.980. The van der Waals surface area contributed by atoms with Gasteiger partial charge in [0.15, 0.2) is 0 Å². The van der Waals surface area contributed by atoms with Gasteiger partial charge in [-0.25, -0.2) is 0 Å². The molecule has 0 radical (unpaired) electrons. The average Bonchev–Trinajstić information content (AvgIpc) is 3.31. The van der Waals surface area contributed by atoms with Crippen LogP contribution >= 0.6 is 0 Å². The van der Waals surface area contributed by atoms with Crippen molar-refractivity contribution in [3.8, 4) is 0 Å². The molecule has 0 unspecified atom stereocenters. The number of benzene rings is 2. The maximum Gasteiger partial charge on any atom is 0.147 e. The minimum Gasteiger partial charge on any atom is -1.00 e. The summed E-state index contributed by atoms with van der Waals surface area (Å²) in [7, 11) is 1.70. The molecule has 0 N–H and O–H groups in total. The molecule has 3 fully saturated rings. The summed E-state index contributed by atoms with van der Waals surface area (Å²) in [5.41, 5.74) is 1.83. The first-order valence-corrected chi connectivity index (χ1v) is 11.2. The van der Waals surface area contributed by atoms with E-state index in [1.165, 1.54) is 46.6 Å². The molecule has 30 heavy (non-hydrogen) atoms. The van der Waals surface area contributed by atoms with E-state index >= 15 is 0 Å². The molecule has 5 heteroatoms. The van der Waals surface area contributed by atoms with Gasteiger partial charge in [0.1, 0.15) is 31.5 Å². The van der Waals surface area contributed by atoms with Gasteiger partial charge in [-0.2, -0.15) is 0 Å². The molecule has 2 aromatic carbocycles. The van der Waals surface area contributed by atoms with Crippen LogP contribution in [0.15, 0.2) is 42.5 Å². The van der Waals surface area contributed by atoms with Gasteiger partial charge in [0.05, 0.1) is 19.8 Å². The Morgan fingerprint density at radius 1 is 1.03 bits per heavy atom. The third-order valence-electron chi connectivity index (χ3n) is 8.46. The van der Waals surface area contributed by atoms with E-state index in [0.29, 0.717) is 37.6 Å². The van der Waals surface area contributed by atoms with Crippen LogP contribution in [0, 0.1) is 11.8 Å². The molecule has 0 spiro atoms. The van der Waals surface area contributed by atoms with Gasteiger partial charge in [-0.1, -0.05) is 42.5 Å². The molecule has 4 nitrogen and oxygen atoms in total. The van der Waals surface area contributed by atoms with Crippen molar-refractivity contribution in [1.82, 2.24) is 0 Å². The van der Waals surface area contributed by atoms with Crippen molar-refractivity contribution in [1.29, 1.82) is 0 Å². The molecule has 3 aliphatic rings. The van der Waals surface area contributed by atoms with Crippen LogP contribution in [0.2, 0.25) is 0 Å². The fourth-order valence-electron chi connectivity index (χ4n) is 6.99. The van der Waals surface area contributed by atoms with Crippen molar-refractivity contribution in [2.45, 2.75) is 44.4 Å². The predicted octanol–water partition coefficient (Wildman–Crippen LogP) is 1.37. The molecule has 0 amide bonds. The van der Waals surface area contributed by atoms with Crippen molar-refractivity contribution in [2.24, 2.45) is 11.8 Å². The zero-order valence-electron chi connectivity index (χ0n) is 18.2. The van der Waals surface area contributed by atoms with E-state index in [9.17, 15) is 0 Å². The van der Waals surface area contributed by atoms with Crippen molar-refractivity contribution in [3.63, 3.8) is 0 Å². The van der Waals surface area contributed by atoms with Crippen molar-refractivity contribution >= 4 is 10.8 Å². The number of hydrogen-bond acceptors (Lipinski definition) is 3. The van der Waals surface area contributed by atoms with E-state index < -0.39 is 0 Å². The van der Waals surface area contributed by atoms with Crippen LogP contribution < -0.4 is 17.0 Å². The molecule has 5 rings (SSSR count). The first kappa shape index (κ1) is 22.2. The number of fused-ring (bicyclic) bond motifs is 1. The first-order valence-electron chi connectivity index (χ1n) is 11.2. The van der Waals surface area contributed by atoms with Crippen LogP contribution in [0.1, 0.15) is 31.7 Å². The highest BCUT2D eigenvalue weighted by Gasteiger charge is 2.71. The van der Waals surface area contributed by atoms with Gasteiger partial charge in [-0.3, -0.25) is 0 Å². The average molecular weight is 476 g/mol. The number of methoxy groups -OCH3 is 1. The summed E-state index contributed by atoms with van der Waals surface area (Å²) in [5, 5.41) is 2.77. The lowest BCUT2D eigenvalue weighted by Gasteiger charge is -2.44. The second-order valence-corrected chi connectivity index (χ2v) is 9.47. The molecule has 2 saturated heterocycles. The monoisotopic (exact) mass is 475 g/mol. The number of hydrogen-bond donors (Lipinski definition) is 0. The number of rotatable bonds is 8. The molecule has 1 aliphatic carbocycles. The van der Waals surface area contributed by atoms with Crippen LogP contribution in [-0.4, -0.2) is 56.3 Å². The molecule has 0 bridgehead atoms. The number of ether oxygens (including phenoxy) is 3. The summed E-state index contributed by atoms with van der Waals surface area (Å²) in [6, 6.07) is 15.6. The molecule has 5 atom stereocenters. The first-order chi connectivity index (χ1) is 14.2. The van der Waals surface area contributed by atoms with Crippen LogP contribution in [0.3, 0.4) is 0 Å². The molecule has 2 aromatic rings. The normalized spacial score (nSPS) is 34.3. The minimum atomic E-state index is 0. The maximum atomic E-state index is 6.34. The molecule has 164 valence electrons. The van der Waals surface area contributed by atoms with E-state index in [1.54, 1.807) is 7.11 Å². The SMILES string of the molecule is COCCOCO[C@@H]1C[N@+]2(Cc3cccc4ccccc34)CC[C@@H]3CC[C@H]1[C@@]32C.[Br-]. The highest BCUT2D eigenvalue weighted by Crippen LogP contribution is 2.61. The lowest BCUT2D eigenvalue weighted by atomic mass is 9.83. The minimum absolute atomic E-state index is 0. The molecule has 2 heterocycles. The van der Waals surface area contributed by atoms with Gasteiger partial charge in [0.25, 0.3) is 0 Å². The van der Waals surface area contributed by atoms with Crippen LogP contribution in [-0.2, 0) is 20.8 Å². The van der Waals surface area contributed by atoms with Gasteiger partial charge < -0.3 is 35.7 Å². The van der Waals surface area contributed by atoms with Gasteiger partial charge in [0.2, 0.25) is 0 Å². The Balaban J connectivity index is 0.00000218. The zero-order valence-corrected chi connectivity index (χ0v) is 19.8. The zero-order chi connectivity index (χ0) is 19.9. The van der Waals surface area contributed by atoms with Gasteiger partial charge in [-0.05, 0) is 30.5 Å². The second kappa shape index (κ2) is 8.87. The van der Waals surface area contributed by atoms with Crippen LogP contribution in [0.5, 0.6) is 0 Å². The van der Waals surface area contributed by atoms with E-state index in [2.05, 4.69) is 49.4 Å². The Kier molecular flexibility index (Phi) is 6.57. The molecular weight excluding hydrogens is 442 g/mol. The van der Waals surface area contributed by atoms with Crippen molar-refractivity contribution in [3.05, 3.63) is 48.0 Å². The highest BCUT2D eigenvalue weighted by atomic mass is 79.9. The Morgan fingerprint density at radius 3 is 2.73 bits per heavy atom. The van der Waals surface area contributed by atoms with Crippen molar-refractivity contribution < 1.29 is 35.7 Å². The fourth-order valence-corrected chi connectivity index (χ4v) is 6.99. The van der Waals surface area contributed by atoms with Crippen molar-refractivity contribution in [2.75, 3.05) is 40.2 Å². The smallest absolute Gasteiger partial charge is 0.147 e. The quantitative estimate of drug-likeness (QED) is 0.327. The summed E-state index contributed by atoms with van der Waals surface area (Å²) >= 11 is 0. The lowest BCUT2D eigenvalue weighted by Crippen LogP contribution is -3.00. The van der Waals surface area contributed by atoms with Crippen LogP contribution in [0.4, 0.5) is 0 Å². The Bertz CT molecular complexity index is 871. The van der Waals surface area contributed by atoms with E-state index in [4.69, 9.17) is 14.2 Å². The molecule has 1 saturated carbocycles. The predicted molar refractivity (Wildman–Crippen MR) is 114 cm³/mol. The topological polar surface area (TPSA) is 27.7 Å². The summed E-state index contributed by atoms with van der Waals surface area (Å²) in [6.07, 6.45) is 4.35. The number of halogens is 1. The highest BCUT2D eigenvalue weighted by molar-refractivity contribution is 5.85. The van der Waals surface area contributed by atoms with E-state index in [1.807, 2.05) is 0 Å².